The molecule has 1 aromatic heterocycles. The maximum absolute atomic E-state index is 12.0. The van der Waals surface area contributed by atoms with E-state index in [1.807, 2.05) is 12.1 Å². The summed E-state index contributed by atoms with van der Waals surface area (Å²) in [5.74, 6) is -0.0505. The predicted molar refractivity (Wildman–Crippen MR) is 68.7 cm³/mol. The van der Waals surface area contributed by atoms with Crippen LogP contribution in [0, 0.1) is 0 Å². The van der Waals surface area contributed by atoms with Crippen molar-refractivity contribution in [3.63, 3.8) is 0 Å². The summed E-state index contributed by atoms with van der Waals surface area (Å²) in [5.41, 5.74) is 1.35. The topological polar surface area (TPSA) is 30.0 Å². The summed E-state index contributed by atoms with van der Waals surface area (Å²) in [7, 11) is 0. The summed E-state index contributed by atoms with van der Waals surface area (Å²) in [5, 5.41) is 0.895. The standard InChI is InChI=1S/C13H9Cl2NO/c14-10-5-3-9(4-6-10)8-12(17)11-2-1-7-16-13(11)15/h1-7H,8H2. The number of halogens is 2. The minimum atomic E-state index is -0.0505. The van der Waals surface area contributed by atoms with Crippen LogP contribution < -0.4 is 0 Å². The van der Waals surface area contributed by atoms with Gasteiger partial charge in [0.1, 0.15) is 5.15 Å². The van der Waals surface area contributed by atoms with E-state index < -0.39 is 0 Å². The van der Waals surface area contributed by atoms with E-state index in [0.29, 0.717) is 17.0 Å². The molecule has 0 radical (unpaired) electrons. The molecule has 0 aliphatic carbocycles. The van der Waals surface area contributed by atoms with Gasteiger partial charge in [-0.3, -0.25) is 4.79 Å². The van der Waals surface area contributed by atoms with Crippen LogP contribution in [0.5, 0.6) is 0 Å². The van der Waals surface area contributed by atoms with Crippen LogP contribution in [0.4, 0.5) is 0 Å². The lowest BCUT2D eigenvalue weighted by Gasteiger charge is -2.03. The second kappa shape index (κ2) is 5.30. The molecule has 0 spiro atoms. The highest BCUT2D eigenvalue weighted by Crippen LogP contribution is 2.16. The van der Waals surface area contributed by atoms with Crippen molar-refractivity contribution in [1.29, 1.82) is 0 Å². The Morgan fingerprint density at radius 3 is 2.47 bits per heavy atom. The van der Waals surface area contributed by atoms with Gasteiger partial charge in [0.25, 0.3) is 0 Å². The number of aromatic nitrogens is 1. The maximum atomic E-state index is 12.0. The van der Waals surface area contributed by atoms with Gasteiger partial charge in [-0.15, -0.1) is 0 Å². The molecule has 0 atom stereocenters. The largest absolute Gasteiger partial charge is 0.294 e. The van der Waals surface area contributed by atoms with Crippen LogP contribution in [0.25, 0.3) is 0 Å². The fraction of sp³-hybridized carbons (Fsp3) is 0.0769. The molecule has 0 saturated heterocycles. The molecule has 17 heavy (non-hydrogen) atoms. The minimum Gasteiger partial charge on any atom is -0.294 e. The number of carbonyl (C=O) groups is 1. The monoisotopic (exact) mass is 265 g/mol. The summed E-state index contributed by atoms with van der Waals surface area (Å²) in [6, 6.07) is 10.5. The zero-order chi connectivity index (χ0) is 12.3. The highest BCUT2D eigenvalue weighted by atomic mass is 35.5. The number of pyridine rings is 1. The van der Waals surface area contributed by atoms with Crippen molar-refractivity contribution in [2.24, 2.45) is 0 Å². The molecule has 4 heteroatoms. The summed E-state index contributed by atoms with van der Waals surface area (Å²) in [4.78, 5) is 15.8. The van der Waals surface area contributed by atoms with E-state index in [1.165, 1.54) is 0 Å². The molecule has 0 N–H and O–H groups in total. The third-order valence-corrected chi connectivity index (χ3v) is 2.89. The van der Waals surface area contributed by atoms with E-state index in [0.717, 1.165) is 5.56 Å². The predicted octanol–water partition coefficient (Wildman–Crippen LogP) is 3.81. The molecule has 1 heterocycles. The van der Waals surface area contributed by atoms with Crippen LogP contribution in [-0.2, 0) is 6.42 Å². The number of hydrogen-bond donors (Lipinski definition) is 0. The number of rotatable bonds is 3. The molecule has 2 aromatic rings. The molecule has 0 bridgehead atoms. The molecule has 0 amide bonds. The zero-order valence-corrected chi connectivity index (χ0v) is 10.4. The van der Waals surface area contributed by atoms with Crippen LogP contribution in [-0.4, -0.2) is 10.8 Å². The zero-order valence-electron chi connectivity index (χ0n) is 8.86. The molecule has 0 unspecified atom stereocenters. The number of carbonyl (C=O) groups excluding carboxylic acids is 1. The van der Waals surface area contributed by atoms with E-state index in [9.17, 15) is 4.79 Å². The van der Waals surface area contributed by atoms with Crippen molar-refractivity contribution in [2.75, 3.05) is 0 Å². The number of benzene rings is 1. The lowest BCUT2D eigenvalue weighted by Crippen LogP contribution is -2.04. The van der Waals surface area contributed by atoms with Crippen molar-refractivity contribution < 1.29 is 4.79 Å². The normalized spacial score (nSPS) is 10.2. The summed E-state index contributed by atoms with van der Waals surface area (Å²) in [6.45, 7) is 0. The molecule has 86 valence electrons. The van der Waals surface area contributed by atoms with Gasteiger partial charge < -0.3 is 0 Å². The number of nitrogens with zero attached hydrogens (tertiary/aromatic N) is 1. The minimum absolute atomic E-state index is 0.0505. The van der Waals surface area contributed by atoms with E-state index in [-0.39, 0.29) is 10.9 Å². The first kappa shape index (κ1) is 12.1. The van der Waals surface area contributed by atoms with Crippen molar-refractivity contribution in [1.82, 2.24) is 4.98 Å². The van der Waals surface area contributed by atoms with Gasteiger partial charge in [-0.25, -0.2) is 4.98 Å². The van der Waals surface area contributed by atoms with Gasteiger partial charge in [-0.2, -0.15) is 0 Å². The van der Waals surface area contributed by atoms with E-state index in [4.69, 9.17) is 23.2 Å². The lowest BCUT2D eigenvalue weighted by molar-refractivity contribution is 0.0993. The SMILES string of the molecule is O=C(Cc1ccc(Cl)cc1)c1cccnc1Cl. The van der Waals surface area contributed by atoms with E-state index in [1.54, 1.807) is 30.5 Å². The van der Waals surface area contributed by atoms with Gasteiger partial charge in [0.2, 0.25) is 0 Å². The molecule has 0 aliphatic rings. The average molecular weight is 266 g/mol. The number of hydrogen-bond acceptors (Lipinski definition) is 2. The molecular formula is C13H9Cl2NO. The molecular weight excluding hydrogens is 257 g/mol. The van der Waals surface area contributed by atoms with Crippen molar-refractivity contribution in [3.05, 3.63) is 63.9 Å². The second-order valence-electron chi connectivity index (χ2n) is 3.57. The third kappa shape index (κ3) is 3.05. The first-order chi connectivity index (χ1) is 8.16. The smallest absolute Gasteiger partial charge is 0.170 e. The highest BCUT2D eigenvalue weighted by Gasteiger charge is 2.11. The summed E-state index contributed by atoms with van der Waals surface area (Å²) in [6.07, 6.45) is 1.85. The van der Waals surface area contributed by atoms with Crippen LogP contribution in [0.3, 0.4) is 0 Å². The Labute approximate surface area is 109 Å². The Kier molecular flexibility index (Phi) is 3.77. The van der Waals surface area contributed by atoms with Crippen molar-refractivity contribution in [2.45, 2.75) is 6.42 Å². The highest BCUT2D eigenvalue weighted by molar-refractivity contribution is 6.32. The molecule has 0 saturated carbocycles. The molecule has 2 nitrogen and oxygen atoms in total. The van der Waals surface area contributed by atoms with Gasteiger partial charge in [-0.1, -0.05) is 35.3 Å². The van der Waals surface area contributed by atoms with Gasteiger partial charge >= 0.3 is 0 Å². The Morgan fingerprint density at radius 2 is 1.82 bits per heavy atom. The van der Waals surface area contributed by atoms with Crippen LogP contribution in [0.15, 0.2) is 42.6 Å². The Morgan fingerprint density at radius 1 is 1.12 bits per heavy atom. The first-order valence-corrected chi connectivity index (χ1v) is 5.80. The van der Waals surface area contributed by atoms with Gasteiger partial charge in [-0.05, 0) is 29.8 Å². The van der Waals surface area contributed by atoms with Crippen LogP contribution >= 0.6 is 23.2 Å². The average Bonchev–Trinajstić information content (AvgIpc) is 2.32. The molecule has 2 rings (SSSR count). The quantitative estimate of drug-likeness (QED) is 0.624. The molecule has 1 aromatic carbocycles. The lowest BCUT2D eigenvalue weighted by atomic mass is 10.0. The third-order valence-electron chi connectivity index (χ3n) is 2.34. The van der Waals surface area contributed by atoms with Crippen molar-refractivity contribution in [3.8, 4) is 0 Å². The van der Waals surface area contributed by atoms with Gasteiger partial charge in [0.05, 0.1) is 5.56 Å². The fourth-order valence-electron chi connectivity index (χ4n) is 1.48. The summed E-state index contributed by atoms with van der Waals surface area (Å²) >= 11 is 11.6. The van der Waals surface area contributed by atoms with E-state index in [2.05, 4.69) is 4.98 Å². The first-order valence-electron chi connectivity index (χ1n) is 5.05. The molecule has 0 fully saturated rings. The van der Waals surface area contributed by atoms with E-state index >= 15 is 0 Å². The van der Waals surface area contributed by atoms with Crippen LogP contribution in [0.2, 0.25) is 10.2 Å². The Hall–Kier alpha value is -1.38. The Balaban J connectivity index is 2.17. The van der Waals surface area contributed by atoms with Gasteiger partial charge in [0.15, 0.2) is 5.78 Å². The Bertz CT molecular complexity index is 537. The second-order valence-corrected chi connectivity index (χ2v) is 4.36. The van der Waals surface area contributed by atoms with Gasteiger partial charge in [0, 0.05) is 17.6 Å². The number of Topliss-reactive ketones (excluding diaryl/α,β-unsaturated/α-hetero) is 1. The fourth-order valence-corrected chi connectivity index (χ4v) is 1.83. The maximum Gasteiger partial charge on any atom is 0.170 e. The summed E-state index contributed by atoms with van der Waals surface area (Å²) < 4.78 is 0. The number of ketones is 1. The van der Waals surface area contributed by atoms with Crippen molar-refractivity contribution >= 4 is 29.0 Å². The van der Waals surface area contributed by atoms with Crippen LogP contribution in [0.1, 0.15) is 15.9 Å². The molecule has 0 aliphatic heterocycles.